The van der Waals surface area contributed by atoms with Crippen LogP contribution in [0.5, 0.6) is 0 Å². The molecule has 10 atom stereocenters. The van der Waals surface area contributed by atoms with Crippen LogP contribution in [0.3, 0.4) is 0 Å². The molecule has 3 saturated carbocycles. The van der Waals surface area contributed by atoms with Gasteiger partial charge in [0, 0.05) is 5.92 Å². The van der Waals surface area contributed by atoms with E-state index in [0.29, 0.717) is 24.7 Å². The summed E-state index contributed by atoms with van der Waals surface area (Å²) in [6, 6.07) is 0. The van der Waals surface area contributed by atoms with Crippen molar-refractivity contribution < 1.29 is 45.9 Å². The zero-order valence-electron chi connectivity index (χ0n) is 24.5. The fourth-order valence-electron chi connectivity index (χ4n) is 9.05. The molecule has 3 unspecified atom stereocenters. The number of hydrogen-bond acceptors (Lipinski definition) is 11. The van der Waals surface area contributed by atoms with Crippen molar-refractivity contribution in [1.82, 2.24) is 0 Å². The largest absolute Gasteiger partial charge is 0.726 e. The van der Waals surface area contributed by atoms with E-state index in [1.807, 2.05) is 26.0 Å². The van der Waals surface area contributed by atoms with Crippen LogP contribution in [0.25, 0.3) is 0 Å². The summed E-state index contributed by atoms with van der Waals surface area (Å²) in [6.07, 6.45) is 10.9. The topological polar surface area (TPSA) is 154 Å². The summed E-state index contributed by atoms with van der Waals surface area (Å²) in [5.74, 6) is 0.373. The molecule has 0 aromatic heterocycles. The van der Waals surface area contributed by atoms with E-state index < -0.39 is 21.9 Å². The van der Waals surface area contributed by atoms with E-state index in [1.54, 1.807) is 6.92 Å². The van der Waals surface area contributed by atoms with Crippen molar-refractivity contribution >= 4 is 28.5 Å². The SMILES string of the molecule is CC(=O)[C@]12C(CC[C@@H]1[C@H](C)/C=C/[C@@H](COS(=O)(=O)[O-])C(C)C)C1CC=C3C[C@@H](OSOO[O-])CC[C@]3(C)C1C[C@@H]2O. The molecule has 0 radical (unpaired) electrons. The highest BCUT2D eigenvalue weighted by atomic mass is 32.3. The van der Waals surface area contributed by atoms with Gasteiger partial charge in [0.25, 0.3) is 0 Å². The van der Waals surface area contributed by atoms with Crippen LogP contribution < -0.4 is 5.26 Å². The number of carbonyl (C=O) groups excluding carboxylic acids is 1. The minimum absolute atomic E-state index is 0.0316. The maximum atomic E-state index is 13.6. The minimum atomic E-state index is -4.78. The first-order chi connectivity index (χ1) is 19.3. The predicted molar refractivity (Wildman–Crippen MR) is 149 cm³/mol. The van der Waals surface area contributed by atoms with Crippen LogP contribution in [-0.2, 0) is 32.9 Å². The van der Waals surface area contributed by atoms with Crippen molar-refractivity contribution in [1.29, 1.82) is 0 Å². The number of fused-ring (bicyclic) bond motifs is 5. The van der Waals surface area contributed by atoms with Gasteiger partial charge in [0.15, 0.2) is 12.3 Å². The van der Waals surface area contributed by atoms with Crippen molar-refractivity contribution in [3.63, 3.8) is 0 Å². The second kappa shape index (κ2) is 13.0. The quantitative estimate of drug-likeness (QED) is 0.0637. The number of Topliss-reactive ketones (excluding diaryl/α,β-unsaturated/α-hetero) is 1. The fraction of sp³-hybridized carbons (Fsp3) is 0.828. The van der Waals surface area contributed by atoms with Gasteiger partial charge in [0.1, 0.15) is 5.78 Å². The Balaban J connectivity index is 1.55. The molecule has 4 aliphatic rings. The first-order valence-corrected chi connectivity index (χ1v) is 16.7. The number of hydrogen-bond donors (Lipinski definition) is 1. The molecular weight excluding hydrogens is 572 g/mol. The molecule has 234 valence electrons. The lowest BCUT2D eigenvalue weighted by Gasteiger charge is -2.60. The van der Waals surface area contributed by atoms with Crippen LogP contribution >= 0.6 is 12.3 Å². The van der Waals surface area contributed by atoms with Crippen LogP contribution in [0.2, 0.25) is 0 Å². The standard InChI is InChI=1S/C29H46O10S2/c1-17(2)20(16-36-41(33,34)35)7-6-18(3)24-10-11-25-23-9-8-21-14-22(37-40-39-38-32)12-13-28(21,5)26(23)15-27(31)29(24,25)19(4)30/h6-8,17-18,20,22-27,31-32H,9-16H2,1-5H3,(H,33,34,35)/p-2/b7-6+/t18-,20+,22+,23?,24-,25?,26?,27+,28+,29-/m1/s1. The molecular formula is C29H44O10S2-2. The molecule has 0 saturated heterocycles. The normalized spacial score (nSPS) is 38.7. The van der Waals surface area contributed by atoms with E-state index >= 15 is 0 Å². The van der Waals surface area contributed by atoms with Crippen LogP contribution in [0.15, 0.2) is 23.8 Å². The Kier molecular flexibility index (Phi) is 10.5. The zero-order chi connectivity index (χ0) is 30.2. The van der Waals surface area contributed by atoms with Crippen molar-refractivity contribution in [2.75, 3.05) is 6.61 Å². The van der Waals surface area contributed by atoms with Gasteiger partial charge >= 0.3 is 0 Å². The fourth-order valence-corrected chi connectivity index (χ4v) is 9.70. The van der Waals surface area contributed by atoms with Gasteiger partial charge in [0.2, 0.25) is 10.4 Å². The number of carbonyl (C=O) groups is 1. The Morgan fingerprint density at radius 3 is 2.59 bits per heavy atom. The van der Waals surface area contributed by atoms with Crippen molar-refractivity contribution in [3.05, 3.63) is 23.8 Å². The summed E-state index contributed by atoms with van der Waals surface area (Å²) in [5, 5.41) is 25.4. The van der Waals surface area contributed by atoms with E-state index in [1.165, 1.54) is 5.57 Å². The Morgan fingerprint density at radius 1 is 1.22 bits per heavy atom. The Bertz CT molecular complexity index is 1110. The molecule has 10 nitrogen and oxygen atoms in total. The Hall–Kier alpha value is -0.830. The van der Waals surface area contributed by atoms with E-state index in [2.05, 4.69) is 33.5 Å². The van der Waals surface area contributed by atoms with E-state index in [9.17, 15) is 28.1 Å². The third kappa shape index (κ3) is 6.51. The summed E-state index contributed by atoms with van der Waals surface area (Å²) >= 11 is 0.557. The highest BCUT2D eigenvalue weighted by Gasteiger charge is 2.66. The molecule has 12 heteroatoms. The number of aliphatic hydroxyl groups is 1. The molecule has 4 rings (SSSR count). The summed E-state index contributed by atoms with van der Waals surface area (Å²) in [5.41, 5.74) is 0.388. The lowest BCUT2D eigenvalue weighted by Crippen LogP contribution is -2.60. The number of rotatable bonds is 12. The minimum Gasteiger partial charge on any atom is -0.726 e. The Morgan fingerprint density at radius 2 is 1.95 bits per heavy atom. The molecule has 0 aromatic rings. The average Bonchev–Trinajstić information content (AvgIpc) is 3.31. The molecule has 0 spiro atoms. The molecule has 4 aliphatic carbocycles. The highest BCUT2D eigenvalue weighted by molar-refractivity contribution is 7.89. The maximum absolute atomic E-state index is 13.6. The summed E-state index contributed by atoms with van der Waals surface area (Å²) in [4.78, 5) is 13.6. The van der Waals surface area contributed by atoms with Gasteiger partial charge in [-0.1, -0.05) is 51.5 Å². The second-order valence-corrected chi connectivity index (χ2v) is 14.7. The molecule has 0 bridgehead atoms. The van der Waals surface area contributed by atoms with E-state index in [0.717, 1.165) is 38.5 Å². The van der Waals surface area contributed by atoms with Gasteiger partial charge in [-0.2, -0.15) is 0 Å². The van der Waals surface area contributed by atoms with Crippen molar-refractivity contribution in [2.24, 2.45) is 52.3 Å². The molecule has 0 heterocycles. The van der Waals surface area contributed by atoms with Crippen LogP contribution in [0, 0.1) is 52.3 Å². The third-order valence-corrected chi connectivity index (χ3v) is 12.0. The maximum Gasteiger partial charge on any atom is 0.217 e. The van der Waals surface area contributed by atoms with Gasteiger partial charge < -0.3 is 14.9 Å². The van der Waals surface area contributed by atoms with E-state index in [-0.39, 0.29) is 59.4 Å². The third-order valence-electron chi connectivity index (χ3n) is 11.1. The average molecular weight is 617 g/mol. The van der Waals surface area contributed by atoms with Gasteiger partial charge in [-0.05, 0) is 92.8 Å². The number of allylic oxidation sites excluding steroid dienone is 2. The Labute approximate surface area is 248 Å². The van der Waals surface area contributed by atoms with E-state index in [4.69, 9.17) is 4.18 Å². The van der Waals surface area contributed by atoms with Gasteiger partial charge in [-0.3, -0.25) is 18.2 Å². The predicted octanol–water partition coefficient (Wildman–Crippen LogP) is 4.22. The monoisotopic (exact) mass is 616 g/mol. The number of ketones is 1. The van der Waals surface area contributed by atoms with Crippen LogP contribution in [0.1, 0.15) is 79.6 Å². The van der Waals surface area contributed by atoms with Crippen LogP contribution in [-0.4, -0.2) is 42.7 Å². The van der Waals surface area contributed by atoms with Gasteiger partial charge in [0.05, 0.1) is 24.2 Å². The lowest BCUT2D eigenvalue weighted by atomic mass is 9.45. The second-order valence-electron chi connectivity index (χ2n) is 13.2. The molecule has 1 N–H and O–H groups in total. The molecule has 0 aliphatic heterocycles. The first-order valence-electron chi connectivity index (χ1n) is 14.7. The highest BCUT2D eigenvalue weighted by Crippen LogP contribution is 2.67. The lowest BCUT2D eigenvalue weighted by molar-refractivity contribution is -0.777. The van der Waals surface area contributed by atoms with Crippen molar-refractivity contribution in [3.8, 4) is 0 Å². The smallest absolute Gasteiger partial charge is 0.217 e. The zero-order valence-corrected chi connectivity index (χ0v) is 26.2. The summed E-state index contributed by atoms with van der Waals surface area (Å²) in [7, 11) is -4.78. The molecule has 3 fully saturated rings. The molecule has 41 heavy (non-hydrogen) atoms. The van der Waals surface area contributed by atoms with Crippen molar-refractivity contribution in [2.45, 2.75) is 91.8 Å². The first kappa shape index (κ1) is 33.1. The molecule has 0 amide bonds. The summed E-state index contributed by atoms with van der Waals surface area (Å²) in [6.45, 7) is 9.64. The number of aliphatic hydroxyl groups excluding tert-OH is 1. The molecule has 0 aromatic carbocycles. The van der Waals surface area contributed by atoms with Crippen LogP contribution in [0.4, 0.5) is 0 Å². The van der Waals surface area contributed by atoms with Gasteiger partial charge in [-0.15, -0.1) is 4.33 Å². The van der Waals surface area contributed by atoms with Gasteiger partial charge in [-0.25, -0.2) is 8.42 Å². The summed E-state index contributed by atoms with van der Waals surface area (Å²) < 4.78 is 47.5.